The van der Waals surface area contributed by atoms with Gasteiger partial charge < -0.3 is 18.8 Å². The fourth-order valence-electron chi connectivity index (χ4n) is 4.26. The minimum absolute atomic E-state index is 0.223. The maximum atomic E-state index is 12.8. The normalized spacial score (nSPS) is 18.0. The zero-order valence-corrected chi connectivity index (χ0v) is 20.5. The summed E-state index contributed by atoms with van der Waals surface area (Å²) in [5, 5.41) is 0. The highest BCUT2D eigenvalue weighted by atomic mass is 32.2. The number of ether oxygens (including phenoxy) is 2. The molecule has 2 aromatic heterocycles. The molecular weight excluding hydrogens is 470 g/mol. The molecule has 0 N–H and O–H groups in total. The summed E-state index contributed by atoms with van der Waals surface area (Å²) in [6.45, 7) is 5.59. The number of anilines is 1. The van der Waals surface area contributed by atoms with Crippen molar-refractivity contribution in [1.82, 2.24) is 19.2 Å². The molecule has 0 unspecified atom stereocenters. The molecular formula is C24H29N5O5S. The van der Waals surface area contributed by atoms with Gasteiger partial charge in [0.25, 0.3) is 0 Å². The van der Waals surface area contributed by atoms with Crippen molar-refractivity contribution in [2.75, 3.05) is 64.5 Å². The van der Waals surface area contributed by atoms with Crippen LogP contribution in [-0.4, -0.2) is 87.2 Å². The Hall–Kier alpha value is -2.99. The lowest BCUT2D eigenvalue weighted by molar-refractivity contribution is 0.0730. The van der Waals surface area contributed by atoms with E-state index in [1.165, 1.54) is 10.5 Å². The Morgan fingerprint density at radius 2 is 1.71 bits per heavy atom. The number of pyridine rings is 1. The van der Waals surface area contributed by atoms with Crippen LogP contribution in [-0.2, 0) is 21.3 Å². The van der Waals surface area contributed by atoms with Gasteiger partial charge in [-0.3, -0.25) is 4.90 Å². The van der Waals surface area contributed by atoms with Gasteiger partial charge in [0.15, 0.2) is 0 Å². The molecule has 2 saturated heterocycles. The van der Waals surface area contributed by atoms with Crippen LogP contribution in [0.5, 0.6) is 5.75 Å². The Kier molecular flexibility index (Phi) is 7.00. The first-order valence-electron chi connectivity index (χ1n) is 11.6. The molecule has 0 bridgehead atoms. The molecule has 0 amide bonds. The van der Waals surface area contributed by atoms with Crippen LogP contribution >= 0.6 is 0 Å². The smallest absolute Gasteiger partial charge is 0.244 e. The van der Waals surface area contributed by atoms with E-state index in [0.717, 1.165) is 49.0 Å². The van der Waals surface area contributed by atoms with Crippen molar-refractivity contribution in [3.63, 3.8) is 0 Å². The Morgan fingerprint density at radius 1 is 0.971 bits per heavy atom. The molecule has 2 aliphatic heterocycles. The maximum Gasteiger partial charge on any atom is 0.244 e. The molecule has 2 aliphatic rings. The van der Waals surface area contributed by atoms with Crippen LogP contribution in [0.4, 0.5) is 5.82 Å². The van der Waals surface area contributed by atoms with Crippen LogP contribution in [0.1, 0.15) is 5.69 Å². The van der Waals surface area contributed by atoms with Crippen LogP contribution in [0.25, 0.3) is 11.5 Å². The second-order valence-corrected chi connectivity index (χ2v) is 10.4. The van der Waals surface area contributed by atoms with E-state index in [1.54, 1.807) is 25.5 Å². The number of oxazole rings is 1. The summed E-state index contributed by atoms with van der Waals surface area (Å²) in [6, 6.07) is 11.1. The number of morpholine rings is 1. The predicted octanol–water partition coefficient (Wildman–Crippen LogP) is 2.09. The quantitative estimate of drug-likeness (QED) is 0.484. The SMILES string of the molecule is COc1ccc(-c2nc(CN3CCN(c4ccc(S(=O)(=O)N5CCOCC5)cn4)CC3)co2)cc1. The lowest BCUT2D eigenvalue weighted by Gasteiger charge is -2.35. The number of aromatic nitrogens is 2. The highest BCUT2D eigenvalue weighted by molar-refractivity contribution is 7.89. The van der Waals surface area contributed by atoms with Gasteiger partial charge in [-0.2, -0.15) is 4.31 Å². The van der Waals surface area contributed by atoms with Crippen molar-refractivity contribution in [3.8, 4) is 17.2 Å². The predicted molar refractivity (Wildman–Crippen MR) is 130 cm³/mol. The van der Waals surface area contributed by atoms with Crippen LogP contribution in [0.3, 0.4) is 0 Å². The molecule has 3 aromatic rings. The van der Waals surface area contributed by atoms with Gasteiger partial charge in [-0.25, -0.2) is 18.4 Å². The summed E-state index contributed by atoms with van der Waals surface area (Å²) >= 11 is 0. The third-order valence-electron chi connectivity index (χ3n) is 6.30. The van der Waals surface area contributed by atoms with Crippen molar-refractivity contribution >= 4 is 15.8 Å². The van der Waals surface area contributed by atoms with Crippen molar-refractivity contribution in [1.29, 1.82) is 0 Å². The van der Waals surface area contributed by atoms with Crippen molar-refractivity contribution < 1.29 is 22.3 Å². The number of methoxy groups -OCH3 is 1. The first kappa shape index (κ1) is 23.7. The molecule has 5 rings (SSSR count). The highest BCUT2D eigenvalue weighted by Gasteiger charge is 2.27. The number of nitrogens with zero attached hydrogens (tertiary/aromatic N) is 5. The van der Waals surface area contributed by atoms with Gasteiger partial charge in [-0.15, -0.1) is 0 Å². The molecule has 4 heterocycles. The van der Waals surface area contributed by atoms with Crippen LogP contribution in [0, 0.1) is 0 Å². The van der Waals surface area contributed by atoms with Gasteiger partial charge in [-0.1, -0.05) is 0 Å². The molecule has 35 heavy (non-hydrogen) atoms. The van der Waals surface area contributed by atoms with Gasteiger partial charge in [0.1, 0.15) is 22.7 Å². The maximum absolute atomic E-state index is 12.8. The van der Waals surface area contributed by atoms with E-state index in [0.29, 0.717) is 38.7 Å². The second kappa shape index (κ2) is 10.3. The van der Waals surface area contributed by atoms with Crippen LogP contribution in [0.15, 0.2) is 58.2 Å². The summed E-state index contributed by atoms with van der Waals surface area (Å²) in [4.78, 5) is 13.8. The van der Waals surface area contributed by atoms with Gasteiger partial charge in [0.2, 0.25) is 15.9 Å². The molecule has 0 atom stereocenters. The van der Waals surface area contributed by atoms with Gasteiger partial charge in [0, 0.05) is 57.6 Å². The minimum atomic E-state index is -3.53. The number of sulfonamides is 1. The van der Waals surface area contributed by atoms with Crippen molar-refractivity contribution in [3.05, 3.63) is 54.6 Å². The van der Waals surface area contributed by atoms with E-state index in [2.05, 4.69) is 19.8 Å². The minimum Gasteiger partial charge on any atom is -0.497 e. The fraction of sp³-hybridized carbons (Fsp3) is 0.417. The first-order valence-corrected chi connectivity index (χ1v) is 13.1. The molecule has 2 fully saturated rings. The lowest BCUT2D eigenvalue weighted by Crippen LogP contribution is -2.46. The third-order valence-corrected chi connectivity index (χ3v) is 8.18. The Balaban J connectivity index is 1.15. The molecule has 186 valence electrons. The average Bonchev–Trinajstić information content (AvgIpc) is 3.38. The van der Waals surface area contributed by atoms with Crippen LogP contribution in [0.2, 0.25) is 0 Å². The monoisotopic (exact) mass is 499 g/mol. The van der Waals surface area contributed by atoms with E-state index in [-0.39, 0.29) is 4.90 Å². The Labute approximate surface area is 205 Å². The van der Waals surface area contributed by atoms with Crippen molar-refractivity contribution in [2.45, 2.75) is 11.4 Å². The molecule has 1 aromatic carbocycles. The van der Waals surface area contributed by atoms with E-state index in [1.807, 2.05) is 24.3 Å². The molecule has 0 aliphatic carbocycles. The van der Waals surface area contributed by atoms with Crippen molar-refractivity contribution in [2.24, 2.45) is 0 Å². The van der Waals surface area contributed by atoms with E-state index in [4.69, 9.17) is 13.9 Å². The van der Waals surface area contributed by atoms with Crippen LogP contribution < -0.4 is 9.64 Å². The molecule has 0 radical (unpaired) electrons. The number of rotatable bonds is 7. The third kappa shape index (κ3) is 5.32. The van der Waals surface area contributed by atoms with E-state index >= 15 is 0 Å². The summed E-state index contributed by atoms with van der Waals surface area (Å²) in [7, 11) is -1.89. The summed E-state index contributed by atoms with van der Waals surface area (Å²) < 4.78 is 43.2. The summed E-state index contributed by atoms with van der Waals surface area (Å²) in [5.74, 6) is 2.17. The summed E-state index contributed by atoms with van der Waals surface area (Å²) in [5.41, 5.74) is 1.80. The van der Waals surface area contributed by atoms with E-state index in [9.17, 15) is 8.42 Å². The topological polar surface area (TPSA) is 101 Å². The molecule has 11 heteroatoms. The lowest BCUT2D eigenvalue weighted by atomic mass is 10.2. The highest BCUT2D eigenvalue weighted by Crippen LogP contribution is 2.23. The fourth-order valence-corrected chi connectivity index (χ4v) is 5.61. The number of hydrogen-bond donors (Lipinski definition) is 0. The van der Waals surface area contributed by atoms with Gasteiger partial charge in [-0.05, 0) is 36.4 Å². The first-order chi connectivity index (χ1) is 17.0. The summed E-state index contributed by atoms with van der Waals surface area (Å²) in [6.07, 6.45) is 3.17. The van der Waals surface area contributed by atoms with Gasteiger partial charge >= 0.3 is 0 Å². The number of hydrogen-bond acceptors (Lipinski definition) is 9. The van der Waals surface area contributed by atoms with Gasteiger partial charge in [0.05, 0.1) is 26.0 Å². The number of benzene rings is 1. The standard InChI is InChI=1S/C24H29N5O5S/c1-32-21-4-2-19(3-5-21)24-26-20(18-34-24)17-27-8-10-28(11-9-27)23-7-6-22(16-25-23)35(30,31)29-12-14-33-15-13-29/h2-7,16,18H,8-15,17H2,1H3. The zero-order chi connectivity index (χ0) is 24.3. The second-order valence-electron chi connectivity index (χ2n) is 8.50. The number of piperazine rings is 1. The molecule has 0 spiro atoms. The Morgan fingerprint density at radius 3 is 2.37 bits per heavy atom. The zero-order valence-electron chi connectivity index (χ0n) is 19.7. The molecule has 0 saturated carbocycles. The largest absolute Gasteiger partial charge is 0.497 e. The van der Waals surface area contributed by atoms with E-state index < -0.39 is 10.0 Å². The Bertz CT molecular complexity index is 1220. The molecule has 10 nitrogen and oxygen atoms in total. The average molecular weight is 500 g/mol.